The minimum Gasteiger partial charge on any atom is -0.457 e. The molecule has 0 saturated heterocycles. The van der Waals surface area contributed by atoms with Gasteiger partial charge in [-0.05, 0) is 35.9 Å². The van der Waals surface area contributed by atoms with Crippen molar-refractivity contribution in [3.8, 4) is 22.5 Å². The molecule has 0 bridgehead atoms. The number of hydrogen-bond acceptors (Lipinski definition) is 3. The molecule has 3 nitrogen and oxygen atoms in total. The maximum absolute atomic E-state index is 7.28. The zero-order valence-electron chi connectivity index (χ0n) is 27.3. The first kappa shape index (κ1) is 20.6. The molecule has 0 N–H and O–H groups in total. The molecule has 1 radical (unpaired) electrons. The number of aromatic nitrogens is 2. The van der Waals surface area contributed by atoms with Gasteiger partial charge in [-0.2, -0.15) is 0 Å². The Bertz CT molecular complexity index is 1820. The fourth-order valence-corrected chi connectivity index (χ4v) is 5.16. The van der Waals surface area contributed by atoms with E-state index >= 15 is 0 Å². The van der Waals surface area contributed by atoms with E-state index in [1.165, 1.54) is 29.6 Å². The summed E-state index contributed by atoms with van der Waals surface area (Å²) in [6.45, 7) is 2.67. The van der Waals surface area contributed by atoms with Crippen LogP contribution >= 0.6 is 0 Å². The molecule has 0 atom stereocenters. The van der Waals surface area contributed by atoms with Gasteiger partial charge in [0, 0.05) is 51.5 Å². The van der Waals surface area contributed by atoms with Crippen molar-refractivity contribution in [2.24, 2.45) is 0 Å². The molecule has 0 amide bonds. The second kappa shape index (κ2) is 11.6. The van der Waals surface area contributed by atoms with E-state index in [1.807, 2.05) is 30.5 Å². The van der Waals surface area contributed by atoms with E-state index in [0.29, 0.717) is 11.3 Å². The number of para-hydroxylation sites is 1. The molecule has 6 aromatic rings. The van der Waals surface area contributed by atoms with Crippen LogP contribution in [-0.2, 0) is 20.1 Å². The summed E-state index contributed by atoms with van der Waals surface area (Å²) in [7, 11) is -1.41. The summed E-state index contributed by atoms with van der Waals surface area (Å²) in [6.07, 6.45) is 3.11. The van der Waals surface area contributed by atoms with Gasteiger partial charge in [0.1, 0.15) is 11.2 Å². The number of pyridine rings is 2. The van der Waals surface area contributed by atoms with Crippen molar-refractivity contribution < 1.29 is 32.7 Å². The quantitative estimate of drug-likeness (QED) is 0.139. The maximum atomic E-state index is 7.28. The zero-order valence-corrected chi connectivity index (χ0v) is 24.7. The minimum atomic E-state index is -2.18. The first-order valence-electron chi connectivity index (χ1n) is 15.0. The van der Waals surface area contributed by atoms with Crippen LogP contribution in [0.4, 0.5) is 0 Å². The molecule has 0 saturated carbocycles. The third kappa shape index (κ3) is 6.02. The molecular weight excluding hydrogens is 661 g/mol. The van der Waals surface area contributed by atoms with E-state index < -0.39 is 21.8 Å². The molecule has 0 aliphatic carbocycles. The fourth-order valence-electron chi connectivity index (χ4n) is 4.06. The van der Waals surface area contributed by atoms with Gasteiger partial charge in [0.25, 0.3) is 0 Å². The van der Waals surface area contributed by atoms with E-state index in [2.05, 4.69) is 66.0 Å². The largest absolute Gasteiger partial charge is 0.457 e. The standard InChI is InChI=1S/C20H18NOSi.C13H12N.Ir/c1-23(2,3)15-8-6-7-14(13-15)20-19-16-9-4-5-10-17(16)22-18(19)11-12-21-20;1-10-3-6-12(7-4-10)13-8-5-11(2)9-14-13;/h4-12H,1-3H3;3-6,8-9H,1-2H3;/q2*-1;/i;1D3,2D3;. The van der Waals surface area contributed by atoms with Gasteiger partial charge in [-0.1, -0.05) is 56.8 Å². The molecule has 5 heteroatoms. The van der Waals surface area contributed by atoms with Crippen molar-refractivity contribution >= 4 is 35.2 Å². The van der Waals surface area contributed by atoms with Gasteiger partial charge in [-0.3, -0.25) is 0 Å². The third-order valence-corrected chi connectivity index (χ3v) is 7.91. The predicted molar refractivity (Wildman–Crippen MR) is 157 cm³/mol. The first-order valence-corrected chi connectivity index (χ1v) is 15.5. The predicted octanol–water partition coefficient (Wildman–Crippen LogP) is 8.16. The summed E-state index contributed by atoms with van der Waals surface area (Å²) in [5, 5.41) is 3.51. The van der Waals surface area contributed by atoms with Crippen LogP contribution in [0, 0.1) is 25.8 Å². The molecule has 3 aromatic heterocycles. The number of fused-ring (bicyclic) bond motifs is 3. The second-order valence-electron chi connectivity index (χ2n) is 9.78. The van der Waals surface area contributed by atoms with Crippen molar-refractivity contribution in [1.29, 1.82) is 0 Å². The molecule has 193 valence electrons. The Kier molecular flexibility index (Phi) is 6.26. The maximum Gasteiger partial charge on any atom is 0.134 e. The zero-order chi connectivity index (χ0) is 31.0. The van der Waals surface area contributed by atoms with Crippen LogP contribution < -0.4 is 5.19 Å². The van der Waals surface area contributed by atoms with E-state index in [4.69, 9.17) is 12.6 Å². The summed E-state index contributed by atoms with van der Waals surface area (Å²) < 4.78 is 49.6. The molecule has 6 rings (SSSR count). The molecule has 38 heavy (non-hydrogen) atoms. The van der Waals surface area contributed by atoms with Crippen LogP contribution in [0.1, 0.15) is 19.4 Å². The van der Waals surface area contributed by atoms with Crippen molar-refractivity contribution in [2.45, 2.75) is 33.3 Å². The minimum absolute atomic E-state index is 0. The Morgan fingerprint density at radius 2 is 1.61 bits per heavy atom. The summed E-state index contributed by atoms with van der Waals surface area (Å²) >= 11 is 0. The van der Waals surface area contributed by atoms with Gasteiger partial charge in [0.05, 0.1) is 8.07 Å². The molecule has 0 spiro atoms. The number of benzene rings is 3. The summed E-state index contributed by atoms with van der Waals surface area (Å²) in [5.74, 6) is 0. The van der Waals surface area contributed by atoms with E-state index in [9.17, 15) is 0 Å². The average Bonchev–Trinajstić information content (AvgIpc) is 3.35. The smallest absolute Gasteiger partial charge is 0.134 e. The molecule has 3 aromatic carbocycles. The van der Waals surface area contributed by atoms with E-state index in [1.54, 1.807) is 12.1 Å². The Morgan fingerprint density at radius 3 is 2.32 bits per heavy atom. The molecule has 0 aliphatic rings. The fraction of sp³-hybridized carbons (Fsp3) is 0.152. The van der Waals surface area contributed by atoms with Crippen molar-refractivity contribution in [2.75, 3.05) is 0 Å². The van der Waals surface area contributed by atoms with Crippen molar-refractivity contribution in [3.63, 3.8) is 0 Å². The average molecular weight is 697 g/mol. The van der Waals surface area contributed by atoms with Crippen molar-refractivity contribution in [1.82, 2.24) is 9.97 Å². The van der Waals surface area contributed by atoms with Gasteiger partial charge in [0.2, 0.25) is 0 Å². The Labute approximate surface area is 247 Å². The van der Waals surface area contributed by atoms with Crippen molar-refractivity contribution in [3.05, 3.63) is 115 Å². The summed E-state index contributed by atoms with van der Waals surface area (Å²) in [6, 6.07) is 30.5. The summed E-state index contributed by atoms with van der Waals surface area (Å²) in [5.41, 5.74) is 5.32. The molecule has 3 heterocycles. The number of nitrogens with zero attached hydrogens (tertiary/aromatic N) is 2. The number of hydrogen-bond donors (Lipinski definition) is 0. The Balaban J connectivity index is 0.000000199. The summed E-state index contributed by atoms with van der Waals surface area (Å²) in [4.78, 5) is 8.72. The SMILES string of the molecule is C[Si](C)(C)c1[c-]c(-c2nccc3oc4ccccc4c23)ccc1.[2H]C([2H])([2H])c1c[c-]c(-c2ccc(C([2H])([2H])[2H])cn2)cc1.[Ir]. The van der Waals surface area contributed by atoms with Gasteiger partial charge in [0.15, 0.2) is 0 Å². The topological polar surface area (TPSA) is 38.9 Å². The van der Waals surface area contributed by atoms with Crippen LogP contribution in [-0.4, -0.2) is 18.0 Å². The van der Waals surface area contributed by atoms with E-state index in [0.717, 1.165) is 33.2 Å². The molecule has 0 fully saturated rings. The second-order valence-corrected chi connectivity index (χ2v) is 14.8. The van der Waals surface area contributed by atoms with Crippen LogP contribution in [0.25, 0.3) is 44.5 Å². The number of rotatable bonds is 3. The third-order valence-electron chi connectivity index (χ3n) is 6.00. The molecular formula is C33H30IrN2OSi-2. The van der Waals surface area contributed by atoms with Crippen LogP contribution in [0.2, 0.25) is 19.6 Å². The Hall–Kier alpha value is -3.37. The van der Waals surface area contributed by atoms with Gasteiger partial charge >= 0.3 is 0 Å². The van der Waals surface area contributed by atoms with Gasteiger partial charge in [-0.25, -0.2) is 0 Å². The molecule has 0 unspecified atom stereocenters. The molecule has 0 aliphatic heterocycles. The van der Waals surface area contributed by atoms with Crippen LogP contribution in [0.15, 0.2) is 95.7 Å². The normalized spacial score (nSPS) is 14.1. The van der Waals surface area contributed by atoms with Gasteiger partial charge < -0.3 is 14.4 Å². The van der Waals surface area contributed by atoms with Gasteiger partial charge in [-0.15, -0.1) is 70.4 Å². The monoisotopic (exact) mass is 697 g/mol. The van der Waals surface area contributed by atoms with E-state index in [-0.39, 0.29) is 31.2 Å². The number of furan rings is 1. The number of aryl methyl sites for hydroxylation is 2. The van der Waals surface area contributed by atoms with Crippen LogP contribution in [0.5, 0.6) is 0 Å². The Morgan fingerprint density at radius 1 is 0.789 bits per heavy atom. The van der Waals surface area contributed by atoms with Crippen LogP contribution in [0.3, 0.4) is 0 Å². The first-order chi connectivity index (χ1) is 20.2.